The van der Waals surface area contributed by atoms with Crippen molar-refractivity contribution in [2.24, 2.45) is 0 Å². The Bertz CT molecular complexity index is 966. The maximum atomic E-state index is 12.3. The quantitative estimate of drug-likeness (QED) is 0.630. The summed E-state index contributed by atoms with van der Waals surface area (Å²) in [6.45, 7) is 0.288. The fraction of sp³-hybridized carbons (Fsp3) is 0.105. The van der Waals surface area contributed by atoms with Gasteiger partial charge in [0.25, 0.3) is 5.56 Å². The van der Waals surface area contributed by atoms with Gasteiger partial charge < -0.3 is 9.30 Å². The fourth-order valence-corrected chi connectivity index (χ4v) is 2.79. The second-order valence-electron chi connectivity index (χ2n) is 5.54. The highest BCUT2D eigenvalue weighted by Gasteiger charge is 2.31. The van der Waals surface area contributed by atoms with E-state index in [1.807, 2.05) is 6.07 Å². The lowest BCUT2D eigenvalue weighted by atomic mass is 10.1. The van der Waals surface area contributed by atoms with Gasteiger partial charge in [0.15, 0.2) is 0 Å². The SMILES string of the molecule is O=c1cccc(-c2ccc(OC(F)(F)F)cc2)n1Cc1cccc(Cl)c1. The summed E-state index contributed by atoms with van der Waals surface area (Å²) >= 11 is 5.98. The fourth-order valence-electron chi connectivity index (χ4n) is 2.58. The van der Waals surface area contributed by atoms with Gasteiger partial charge in [0.2, 0.25) is 0 Å². The molecule has 0 spiro atoms. The molecule has 3 nitrogen and oxygen atoms in total. The molecular formula is C19H13ClF3NO2. The van der Waals surface area contributed by atoms with E-state index in [1.54, 1.807) is 30.3 Å². The van der Waals surface area contributed by atoms with Gasteiger partial charge in [0.05, 0.1) is 12.2 Å². The van der Waals surface area contributed by atoms with Crippen molar-refractivity contribution in [3.8, 4) is 17.0 Å². The molecule has 0 saturated carbocycles. The largest absolute Gasteiger partial charge is 0.573 e. The van der Waals surface area contributed by atoms with E-state index in [0.29, 0.717) is 16.3 Å². The Labute approximate surface area is 152 Å². The molecule has 0 N–H and O–H groups in total. The standard InChI is InChI=1S/C19H13ClF3NO2/c20-15-4-1-3-13(11-15)12-24-17(5-2-6-18(24)25)14-7-9-16(10-8-14)26-19(21,22)23/h1-11H,12H2. The van der Waals surface area contributed by atoms with Crippen molar-refractivity contribution in [3.63, 3.8) is 0 Å². The van der Waals surface area contributed by atoms with Crippen LogP contribution in [0.25, 0.3) is 11.3 Å². The molecule has 134 valence electrons. The van der Waals surface area contributed by atoms with Gasteiger partial charge in [-0.05, 0) is 53.6 Å². The monoisotopic (exact) mass is 379 g/mol. The Balaban J connectivity index is 1.95. The van der Waals surface area contributed by atoms with Gasteiger partial charge in [-0.15, -0.1) is 13.2 Å². The first-order valence-electron chi connectivity index (χ1n) is 7.62. The van der Waals surface area contributed by atoms with Crippen molar-refractivity contribution in [1.82, 2.24) is 4.57 Å². The predicted molar refractivity (Wildman–Crippen MR) is 93.4 cm³/mol. The number of pyridine rings is 1. The molecule has 0 atom stereocenters. The highest BCUT2D eigenvalue weighted by atomic mass is 35.5. The number of ether oxygens (including phenoxy) is 1. The van der Waals surface area contributed by atoms with E-state index in [0.717, 1.165) is 5.56 Å². The van der Waals surface area contributed by atoms with Crippen LogP contribution in [0.4, 0.5) is 13.2 Å². The maximum absolute atomic E-state index is 12.3. The zero-order valence-electron chi connectivity index (χ0n) is 13.3. The van der Waals surface area contributed by atoms with Gasteiger partial charge in [-0.3, -0.25) is 4.79 Å². The van der Waals surface area contributed by atoms with Crippen molar-refractivity contribution >= 4 is 11.6 Å². The first-order chi connectivity index (χ1) is 12.3. The molecule has 26 heavy (non-hydrogen) atoms. The third-order valence-corrected chi connectivity index (χ3v) is 3.90. The number of alkyl halides is 3. The van der Waals surface area contributed by atoms with Crippen LogP contribution >= 0.6 is 11.6 Å². The van der Waals surface area contributed by atoms with Crippen molar-refractivity contribution in [2.75, 3.05) is 0 Å². The molecule has 0 saturated heterocycles. The third-order valence-electron chi connectivity index (χ3n) is 3.66. The molecule has 0 radical (unpaired) electrons. The average Bonchev–Trinajstić information content (AvgIpc) is 2.56. The van der Waals surface area contributed by atoms with Crippen LogP contribution in [-0.4, -0.2) is 10.9 Å². The van der Waals surface area contributed by atoms with Gasteiger partial charge in [0, 0.05) is 11.1 Å². The van der Waals surface area contributed by atoms with E-state index in [4.69, 9.17) is 11.6 Å². The molecule has 3 aromatic rings. The summed E-state index contributed by atoms with van der Waals surface area (Å²) in [5.41, 5.74) is 1.79. The molecule has 0 amide bonds. The van der Waals surface area contributed by atoms with Crippen LogP contribution in [-0.2, 0) is 6.54 Å². The molecule has 1 aromatic heterocycles. The van der Waals surface area contributed by atoms with Crippen molar-refractivity contribution in [1.29, 1.82) is 0 Å². The highest BCUT2D eigenvalue weighted by molar-refractivity contribution is 6.30. The number of hydrogen-bond donors (Lipinski definition) is 0. The summed E-state index contributed by atoms with van der Waals surface area (Å²) < 4.78 is 42.2. The summed E-state index contributed by atoms with van der Waals surface area (Å²) in [4.78, 5) is 12.3. The normalized spacial score (nSPS) is 11.4. The highest BCUT2D eigenvalue weighted by Crippen LogP contribution is 2.26. The number of benzene rings is 2. The molecule has 0 aliphatic rings. The minimum Gasteiger partial charge on any atom is -0.406 e. The van der Waals surface area contributed by atoms with E-state index in [2.05, 4.69) is 4.74 Å². The number of rotatable bonds is 4. The van der Waals surface area contributed by atoms with Crippen LogP contribution < -0.4 is 10.3 Å². The van der Waals surface area contributed by atoms with E-state index in [1.165, 1.54) is 34.9 Å². The second kappa shape index (κ2) is 7.25. The van der Waals surface area contributed by atoms with Crippen molar-refractivity contribution in [2.45, 2.75) is 12.9 Å². The lowest BCUT2D eigenvalue weighted by Crippen LogP contribution is -2.21. The molecule has 0 aliphatic carbocycles. The van der Waals surface area contributed by atoms with Crippen molar-refractivity contribution < 1.29 is 17.9 Å². The predicted octanol–water partition coefficient (Wildman–Crippen LogP) is 5.12. The molecule has 7 heteroatoms. The Hall–Kier alpha value is -2.73. The molecule has 0 unspecified atom stereocenters. The van der Waals surface area contributed by atoms with Gasteiger partial charge in [-0.25, -0.2) is 0 Å². The van der Waals surface area contributed by atoms with Crippen LogP contribution in [0, 0.1) is 0 Å². The minimum absolute atomic E-state index is 0.224. The number of hydrogen-bond acceptors (Lipinski definition) is 2. The Morgan fingerprint density at radius 3 is 2.31 bits per heavy atom. The van der Waals surface area contributed by atoms with E-state index in [9.17, 15) is 18.0 Å². The lowest BCUT2D eigenvalue weighted by molar-refractivity contribution is -0.274. The van der Waals surface area contributed by atoms with Gasteiger partial charge in [-0.1, -0.05) is 29.8 Å². The first-order valence-corrected chi connectivity index (χ1v) is 8.00. The lowest BCUT2D eigenvalue weighted by Gasteiger charge is -2.14. The topological polar surface area (TPSA) is 31.2 Å². The van der Waals surface area contributed by atoms with Crippen LogP contribution in [0.3, 0.4) is 0 Å². The van der Waals surface area contributed by atoms with E-state index >= 15 is 0 Å². The third kappa shape index (κ3) is 4.46. The summed E-state index contributed by atoms with van der Waals surface area (Å²) in [6.07, 6.45) is -4.75. The molecule has 3 rings (SSSR count). The minimum atomic E-state index is -4.75. The number of aromatic nitrogens is 1. The summed E-state index contributed by atoms with van der Waals surface area (Å²) in [5.74, 6) is -0.319. The number of halogens is 4. The summed E-state index contributed by atoms with van der Waals surface area (Å²) in [7, 11) is 0. The van der Waals surface area contributed by atoms with Crippen LogP contribution in [0.2, 0.25) is 5.02 Å². The van der Waals surface area contributed by atoms with Crippen molar-refractivity contribution in [3.05, 3.63) is 87.7 Å². The zero-order valence-corrected chi connectivity index (χ0v) is 14.1. The van der Waals surface area contributed by atoms with Gasteiger partial charge in [-0.2, -0.15) is 0 Å². The van der Waals surface area contributed by atoms with Crippen LogP contribution in [0.15, 0.2) is 71.5 Å². The van der Waals surface area contributed by atoms with E-state index < -0.39 is 6.36 Å². The number of nitrogens with zero attached hydrogens (tertiary/aromatic N) is 1. The Morgan fingerprint density at radius 2 is 1.65 bits per heavy atom. The van der Waals surface area contributed by atoms with Crippen LogP contribution in [0.1, 0.15) is 5.56 Å². The molecule has 1 heterocycles. The zero-order chi connectivity index (χ0) is 18.7. The molecule has 0 fully saturated rings. The smallest absolute Gasteiger partial charge is 0.406 e. The Morgan fingerprint density at radius 1 is 0.962 bits per heavy atom. The molecule has 2 aromatic carbocycles. The summed E-state index contributed by atoms with van der Waals surface area (Å²) in [5, 5.41) is 0.557. The Kier molecular flexibility index (Phi) is 5.04. The molecule has 0 bridgehead atoms. The average molecular weight is 380 g/mol. The van der Waals surface area contributed by atoms with E-state index in [-0.39, 0.29) is 17.9 Å². The molecular weight excluding hydrogens is 367 g/mol. The van der Waals surface area contributed by atoms with Crippen LogP contribution in [0.5, 0.6) is 5.75 Å². The second-order valence-corrected chi connectivity index (χ2v) is 5.97. The summed E-state index contributed by atoms with van der Waals surface area (Å²) in [6, 6.07) is 17.3. The first kappa shape index (κ1) is 18.1. The van der Waals surface area contributed by atoms with Gasteiger partial charge >= 0.3 is 6.36 Å². The maximum Gasteiger partial charge on any atom is 0.573 e. The molecule has 0 aliphatic heterocycles. The van der Waals surface area contributed by atoms with Gasteiger partial charge in [0.1, 0.15) is 5.75 Å².